The highest BCUT2D eigenvalue weighted by Crippen LogP contribution is 2.17. The lowest BCUT2D eigenvalue weighted by Crippen LogP contribution is -2.31. The van der Waals surface area contributed by atoms with Crippen molar-refractivity contribution in [1.29, 1.82) is 0 Å². The van der Waals surface area contributed by atoms with E-state index in [1.165, 1.54) is 25.1 Å². The summed E-state index contributed by atoms with van der Waals surface area (Å²) in [6.45, 7) is 0.686. The number of nitrogens with one attached hydrogen (secondary N) is 2. The van der Waals surface area contributed by atoms with Crippen molar-refractivity contribution in [2.45, 2.75) is 0 Å². The molecule has 0 saturated heterocycles. The van der Waals surface area contributed by atoms with Gasteiger partial charge in [0.2, 0.25) is 5.43 Å². The number of aromatic amines is 1. The number of hydrogen-bond acceptors (Lipinski definition) is 7. The summed E-state index contributed by atoms with van der Waals surface area (Å²) in [6, 6.07) is 5.11. The Balaban J connectivity index is 0.000000431. The molecule has 3 rings (SSSR count). The van der Waals surface area contributed by atoms with Crippen molar-refractivity contribution in [1.82, 2.24) is 10.3 Å². The molecule has 0 spiro atoms. The number of nitrogens with zero attached hydrogens (tertiary/aromatic N) is 1. The Morgan fingerprint density at radius 2 is 2.12 bits per heavy atom. The van der Waals surface area contributed by atoms with Crippen molar-refractivity contribution in [2.24, 2.45) is 4.99 Å². The number of fused-ring (bicyclic) bond motifs is 1. The maximum absolute atomic E-state index is 12.4. The predicted octanol–water partition coefficient (Wildman–Crippen LogP) is 0.873. The summed E-state index contributed by atoms with van der Waals surface area (Å²) in [5.74, 6) is 0.969. The number of aliphatic imine (C=N–C) groups is 1. The molecule has 0 aliphatic carbocycles. The van der Waals surface area contributed by atoms with Crippen LogP contribution in [0.2, 0.25) is 0 Å². The van der Waals surface area contributed by atoms with Crippen LogP contribution in [-0.2, 0) is 10.1 Å². The number of methoxy groups -OCH3 is 1. The van der Waals surface area contributed by atoms with Crippen molar-refractivity contribution in [3.05, 3.63) is 40.2 Å². The number of pyridine rings is 1. The minimum absolute atomic E-state index is 0.0611. The Bertz CT molecular complexity index is 1010. The molecule has 1 aromatic heterocycles. The quantitative estimate of drug-likeness (QED) is 0.637. The van der Waals surface area contributed by atoms with Crippen LogP contribution in [-0.4, -0.2) is 54.7 Å². The van der Waals surface area contributed by atoms with Crippen LogP contribution in [0.25, 0.3) is 10.9 Å². The van der Waals surface area contributed by atoms with Gasteiger partial charge in [-0.3, -0.25) is 19.1 Å². The fourth-order valence-corrected chi connectivity index (χ4v) is 2.79. The Morgan fingerprint density at radius 1 is 1.42 bits per heavy atom. The van der Waals surface area contributed by atoms with Crippen molar-refractivity contribution in [3.8, 4) is 5.75 Å². The van der Waals surface area contributed by atoms with Gasteiger partial charge in [0.15, 0.2) is 5.17 Å². The van der Waals surface area contributed by atoms with Gasteiger partial charge in [0, 0.05) is 22.9 Å². The van der Waals surface area contributed by atoms with Crippen molar-refractivity contribution >= 4 is 43.9 Å². The second-order valence-corrected chi connectivity index (χ2v) is 7.72. The highest BCUT2D eigenvalue weighted by Gasteiger charge is 2.17. The second-order valence-electron chi connectivity index (χ2n) is 5.17. The number of H-pyrrole nitrogens is 1. The van der Waals surface area contributed by atoms with Gasteiger partial charge in [0.25, 0.3) is 16.0 Å². The average Bonchev–Trinajstić information content (AvgIpc) is 3.06. The molecule has 0 unspecified atom stereocenters. The summed E-state index contributed by atoms with van der Waals surface area (Å²) in [7, 11) is -2.14. The normalized spacial score (nSPS) is 13.6. The smallest absolute Gasteiger partial charge is 0.262 e. The van der Waals surface area contributed by atoms with Gasteiger partial charge in [-0.05, 0) is 18.2 Å². The molecule has 3 N–H and O–H groups in total. The van der Waals surface area contributed by atoms with Gasteiger partial charge < -0.3 is 15.0 Å². The highest BCUT2D eigenvalue weighted by atomic mass is 32.2. The van der Waals surface area contributed by atoms with Gasteiger partial charge in [0.1, 0.15) is 11.3 Å². The van der Waals surface area contributed by atoms with E-state index >= 15 is 0 Å². The molecule has 2 aromatic rings. The molecule has 1 aliphatic heterocycles. The number of carbonyl (C=O) groups is 1. The van der Waals surface area contributed by atoms with E-state index < -0.39 is 16.0 Å². The van der Waals surface area contributed by atoms with Crippen LogP contribution in [0.4, 0.5) is 0 Å². The molecule has 0 bridgehead atoms. The third-order valence-corrected chi connectivity index (χ3v) is 4.03. The van der Waals surface area contributed by atoms with E-state index in [4.69, 9.17) is 9.29 Å². The first-order chi connectivity index (χ1) is 12.2. The van der Waals surface area contributed by atoms with Gasteiger partial charge in [-0.15, -0.1) is 0 Å². The van der Waals surface area contributed by atoms with Crippen LogP contribution < -0.4 is 15.5 Å². The zero-order chi connectivity index (χ0) is 19.3. The summed E-state index contributed by atoms with van der Waals surface area (Å²) in [5.41, 5.74) is 0.389. The number of aromatic nitrogens is 1. The van der Waals surface area contributed by atoms with Crippen molar-refractivity contribution in [3.63, 3.8) is 0 Å². The van der Waals surface area contributed by atoms with Gasteiger partial charge >= 0.3 is 0 Å². The average molecular weight is 399 g/mol. The standard InChI is InChI=1S/C14H13N3O3S.CH4O3S/c1-20-8-2-3-11-9(6-8)12(18)10(7-16-11)13(19)17-14-15-4-5-21-14;1-5(2,3)4/h2-3,6-7H,4-5H2,1H3,(H,16,18)(H,15,17,19);1H3,(H,2,3,4). The number of thioether (sulfide) groups is 1. The van der Waals surface area contributed by atoms with Gasteiger partial charge in [0.05, 0.1) is 19.9 Å². The van der Waals surface area contributed by atoms with Crippen LogP contribution in [0.5, 0.6) is 5.75 Å². The maximum atomic E-state index is 12.4. The number of carbonyl (C=O) groups excluding carboxylic acids is 1. The summed E-state index contributed by atoms with van der Waals surface area (Å²) >= 11 is 1.47. The summed E-state index contributed by atoms with van der Waals surface area (Å²) in [4.78, 5) is 31.7. The summed E-state index contributed by atoms with van der Waals surface area (Å²) in [6.07, 6.45) is 2.14. The first-order valence-electron chi connectivity index (χ1n) is 7.29. The number of amidine groups is 1. The lowest BCUT2D eigenvalue weighted by Gasteiger charge is -2.06. The van der Waals surface area contributed by atoms with Gasteiger partial charge in [-0.1, -0.05) is 11.8 Å². The molecule has 0 saturated carbocycles. The van der Waals surface area contributed by atoms with E-state index in [0.717, 1.165) is 5.75 Å². The van der Waals surface area contributed by atoms with Crippen LogP contribution in [0.1, 0.15) is 10.4 Å². The molecule has 9 nitrogen and oxygen atoms in total. The summed E-state index contributed by atoms with van der Waals surface area (Å²) in [5, 5.41) is 3.63. The number of ether oxygens (including phenoxy) is 1. The van der Waals surface area contributed by atoms with Gasteiger partial charge in [-0.2, -0.15) is 8.42 Å². The third kappa shape index (κ3) is 5.58. The molecule has 0 atom stereocenters. The van der Waals surface area contributed by atoms with Crippen molar-refractivity contribution < 1.29 is 22.5 Å². The lowest BCUT2D eigenvalue weighted by atomic mass is 10.1. The number of rotatable bonds is 2. The van der Waals surface area contributed by atoms with Crippen LogP contribution >= 0.6 is 11.8 Å². The monoisotopic (exact) mass is 399 g/mol. The van der Waals surface area contributed by atoms with Crippen LogP contribution in [0.15, 0.2) is 34.2 Å². The van der Waals surface area contributed by atoms with E-state index in [9.17, 15) is 18.0 Å². The Kier molecular flexibility index (Phi) is 6.40. The number of benzene rings is 1. The molecule has 2 heterocycles. The zero-order valence-electron chi connectivity index (χ0n) is 14.0. The van der Waals surface area contributed by atoms with E-state index in [-0.39, 0.29) is 11.0 Å². The van der Waals surface area contributed by atoms with Crippen LogP contribution in [0, 0.1) is 0 Å². The Hall–Kier alpha value is -2.37. The molecule has 1 aliphatic rings. The molecule has 140 valence electrons. The largest absolute Gasteiger partial charge is 0.497 e. The minimum atomic E-state index is -3.67. The molecule has 1 amide bonds. The Morgan fingerprint density at radius 3 is 2.69 bits per heavy atom. The molecule has 0 fully saturated rings. The summed E-state index contributed by atoms with van der Waals surface area (Å²) < 4.78 is 31.0. The highest BCUT2D eigenvalue weighted by molar-refractivity contribution is 8.14. The van der Waals surface area contributed by atoms with Crippen molar-refractivity contribution in [2.75, 3.05) is 25.7 Å². The Labute approximate surface area is 153 Å². The predicted molar refractivity (Wildman–Crippen MR) is 101 cm³/mol. The first-order valence-corrected chi connectivity index (χ1v) is 10.1. The topological polar surface area (TPSA) is 138 Å². The zero-order valence-corrected chi connectivity index (χ0v) is 15.6. The van der Waals surface area contributed by atoms with E-state index in [0.29, 0.717) is 34.6 Å². The van der Waals surface area contributed by atoms with Gasteiger partial charge in [-0.25, -0.2) is 0 Å². The van der Waals surface area contributed by atoms with E-state index in [1.807, 2.05) is 0 Å². The second kappa shape index (κ2) is 8.34. The molecule has 1 aromatic carbocycles. The SMILES string of the molecule is COc1ccc2[nH]cc(C(=O)NC3=NCCS3)c(=O)c2c1.CS(=O)(=O)O. The van der Waals surface area contributed by atoms with E-state index in [1.54, 1.807) is 18.2 Å². The third-order valence-electron chi connectivity index (χ3n) is 3.14. The molecule has 11 heteroatoms. The maximum Gasteiger partial charge on any atom is 0.262 e. The van der Waals surface area contributed by atoms with E-state index in [2.05, 4.69) is 15.3 Å². The fourth-order valence-electron chi connectivity index (χ4n) is 2.07. The number of hydrogen-bond donors (Lipinski definition) is 3. The lowest BCUT2D eigenvalue weighted by molar-refractivity contribution is 0.0976. The molecule has 26 heavy (non-hydrogen) atoms. The molecule has 0 radical (unpaired) electrons. The molecular formula is C15H17N3O6S2. The molecular weight excluding hydrogens is 382 g/mol. The number of amides is 1. The minimum Gasteiger partial charge on any atom is -0.497 e. The van der Waals surface area contributed by atoms with Crippen LogP contribution in [0.3, 0.4) is 0 Å². The fraction of sp³-hybridized carbons (Fsp3) is 0.267. The first kappa shape index (κ1) is 19.9.